The van der Waals surface area contributed by atoms with E-state index in [0.717, 1.165) is 31.6 Å². The molecule has 1 saturated carbocycles. The van der Waals surface area contributed by atoms with Crippen LogP contribution in [0.1, 0.15) is 32.6 Å². The minimum absolute atomic E-state index is 0.0473. The molecule has 0 aliphatic heterocycles. The largest absolute Gasteiger partial charge is 0.352 e. The molecule has 0 bridgehead atoms. The molecule has 0 atom stereocenters. The third-order valence-corrected chi connectivity index (χ3v) is 5.02. The molecule has 0 aromatic carbocycles. The second-order valence-electron chi connectivity index (χ2n) is 5.84. The summed E-state index contributed by atoms with van der Waals surface area (Å²) in [6.07, 6.45) is 5.84. The number of thiophene rings is 1. The Bertz CT molecular complexity index is 698. The Kier molecular flexibility index (Phi) is 4.05. The van der Waals surface area contributed by atoms with Crippen molar-refractivity contribution < 1.29 is 4.79 Å². The number of rotatable bonds is 3. The molecule has 0 spiro atoms. The van der Waals surface area contributed by atoms with Gasteiger partial charge in [0.25, 0.3) is 5.56 Å². The highest BCUT2D eigenvalue weighted by molar-refractivity contribution is 7.17. The highest BCUT2D eigenvalue weighted by atomic mass is 32.1. The fraction of sp³-hybridized carbons (Fsp3) is 0.533. The molecule has 0 unspecified atom stereocenters. The van der Waals surface area contributed by atoms with Crippen LogP contribution in [0, 0.1) is 5.92 Å². The quantitative estimate of drug-likeness (QED) is 0.945. The van der Waals surface area contributed by atoms with Gasteiger partial charge < -0.3 is 5.32 Å². The number of fused-ring (bicyclic) bond motifs is 1. The van der Waals surface area contributed by atoms with E-state index in [1.165, 1.54) is 22.2 Å². The SMILES string of the molecule is CC1CCC(NC(=O)Cn2cnc3ccsc3c2=O)CC1. The molecular formula is C15H19N3O2S. The van der Waals surface area contributed by atoms with Crippen LogP contribution in [0.5, 0.6) is 0 Å². The molecule has 2 aromatic heterocycles. The first-order chi connectivity index (χ1) is 10.1. The van der Waals surface area contributed by atoms with Crippen LogP contribution in [-0.4, -0.2) is 21.5 Å². The minimum Gasteiger partial charge on any atom is -0.352 e. The number of amides is 1. The van der Waals surface area contributed by atoms with Crippen LogP contribution in [0.3, 0.4) is 0 Å². The number of hydrogen-bond donors (Lipinski definition) is 1. The monoisotopic (exact) mass is 305 g/mol. The van der Waals surface area contributed by atoms with Gasteiger partial charge in [0.15, 0.2) is 0 Å². The predicted molar refractivity (Wildman–Crippen MR) is 83.4 cm³/mol. The summed E-state index contributed by atoms with van der Waals surface area (Å²) in [5.74, 6) is 0.653. The normalized spacial score (nSPS) is 22.3. The van der Waals surface area contributed by atoms with Crippen LogP contribution in [0.25, 0.3) is 10.2 Å². The lowest BCUT2D eigenvalue weighted by Gasteiger charge is -2.26. The first-order valence-corrected chi connectivity index (χ1v) is 8.23. The molecule has 0 saturated heterocycles. The Balaban J connectivity index is 1.66. The van der Waals surface area contributed by atoms with Gasteiger partial charge in [-0.3, -0.25) is 14.2 Å². The summed E-state index contributed by atoms with van der Waals surface area (Å²) in [6.45, 7) is 2.30. The van der Waals surface area contributed by atoms with Crippen molar-refractivity contribution >= 4 is 27.5 Å². The van der Waals surface area contributed by atoms with E-state index in [4.69, 9.17) is 0 Å². The zero-order valence-corrected chi connectivity index (χ0v) is 12.9. The van der Waals surface area contributed by atoms with Crippen molar-refractivity contribution in [1.82, 2.24) is 14.9 Å². The van der Waals surface area contributed by atoms with E-state index in [9.17, 15) is 9.59 Å². The summed E-state index contributed by atoms with van der Waals surface area (Å²) in [5, 5.41) is 4.87. The average Bonchev–Trinajstić information content (AvgIpc) is 2.94. The van der Waals surface area contributed by atoms with Crippen molar-refractivity contribution in [3.63, 3.8) is 0 Å². The Morgan fingerprint density at radius 1 is 1.43 bits per heavy atom. The van der Waals surface area contributed by atoms with Crippen molar-refractivity contribution in [1.29, 1.82) is 0 Å². The number of aromatic nitrogens is 2. The van der Waals surface area contributed by atoms with Gasteiger partial charge >= 0.3 is 0 Å². The first-order valence-electron chi connectivity index (χ1n) is 7.35. The first kappa shape index (κ1) is 14.3. The maximum atomic E-state index is 12.2. The van der Waals surface area contributed by atoms with E-state index in [0.29, 0.717) is 10.2 Å². The summed E-state index contributed by atoms with van der Waals surface area (Å²) >= 11 is 1.36. The molecule has 0 radical (unpaired) electrons. The van der Waals surface area contributed by atoms with E-state index in [-0.39, 0.29) is 24.1 Å². The third kappa shape index (κ3) is 3.15. The topological polar surface area (TPSA) is 64.0 Å². The van der Waals surface area contributed by atoms with Gasteiger partial charge in [0, 0.05) is 6.04 Å². The highest BCUT2D eigenvalue weighted by Gasteiger charge is 2.20. The van der Waals surface area contributed by atoms with Crippen LogP contribution >= 0.6 is 11.3 Å². The van der Waals surface area contributed by atoms with E-state index in [1.54, 1.807) is 0 Å². The van der Waals surface area contributed by atoms with Crippen LogP contribution < -0.4 is 10.9 Å². The number of nitrogens with one attached hydrogen (secondary N) is 1. The Morgan fingerprint density at radius 2 is 2.19 bits per heavy atom. The molecule has 21 heavy (non-hydrogen) atoms. The molecule has 5 nitrogen and oxygen atoms in total. The number of hydrogen-bond acceptors (Lipinski definition) is 4. The van der Waals surface area contributed by atoms with E-state index in [1.807, 2.05) is 11.4 Å². The number of carbonyl (C=O) groups excluding carboxylic acids is 1. The summed E-state index contributed by atoms with van der Waals surface area (Å²) in [4.78, 5) is 28.5. The third-order valence-electron chi connectivity index (χ3n) is 4.13. The predicted octanol–water partition coefficient (Wildman–Crippen LogP) is 2.15. The van der Waals surface area contributed by atoms with Gasteiger partial charge in [-0.25, -0.2) is 4.98 Å². The van der Waals surface area contributed by atoms with Crippen molar-refractivity contribution in [3.8, 4) is 0 Å². The molecule has 112 valence electrons. The molecule has 1 aliphatic carbocycles. The molecule has 3 rings (SSSR count). The summed E-state index contributed by atoms with van der Waals surface area (Å²) in [7, 11) is 0. The zero-order valence-electron chi connectivity index (χ0n) is 12.0. The van der Waals surface area contributed by atoms with E-state index < -0.39 is 0 Å². The Morgan fingerprint density at radius 3 is 2.95 bits per heavy atom. The molecule has 1 fully saturated rings. The molecule has 2 heterocycles. The van der Waals surface area contributed by atoms with Gasteiger partial charge in [-0.15, -0.1) is 11.3 Å². The fourth-order valence-corrected chi connectivity index (χ4v) is 3.62. The second kappa shape index (κ2) is 5.97. The molecular weight excluding hydrogens is 286 g/mol. The summed E-state index contributed by atoms with van der Waals surface area (Å²) in [6, 6.07) is 2.07. The Labute approximate surface area is 127 Å². The molecule has 1 amide bonds. The van der Waals surface area contributed by atoms with Crippen LogP contribution in [-0.2, 0) is 11.3 Å². The lowest BCUT2D eigenvalue weighted by Crippen LogP contribution is -2.40. The van der Waals surface area contributed by atoms with Crippen LogP contribution in [0.4, 0.5) is 0 Å². The van der Waals surface area contributed by atoms with Gasteiger partial charge in [0.1, 0.15) is 11.2 Å². The van der Waals surface area contributed by atoms with Crippen molar-refractivity contribution in [2.75, 3.05) is 0 Å². The molecule has 2 aromatic rings. The smallest absolute Gasteiger partial charge is 0.271 e. The van der Waals surface area contributed by atoms with Crippen LogP contribution in [0.15, 0.2) is 22.6 Å². The lowest BCUT2D eigenvalue weighted by molar-refractivity contribution is -0.122. The summed E-state index contributed by atoms with van der Waals surface area (Å²) < 4.78 is 2.00. The molecule has 1 N–H and O–H groups in total. The second-order valence-corrected chi connectivity index (χ2v) is 6.75. The van der Waals surface area contributed by atoms with Crippen molar-refractivity contribution in [2.24, 2.45) is 5.92 Å². The average molecular weight is 305 g/mol. The van der Waals surface area contributed by atoms with Crippen molar-refractivity contribution in [3.05, 3.63) is 28.1 Å². The highest BCUT2D eigenvalue weighted by Crippen LogP contribution is 2.23. The maximum absolute atomic E-state index is 12.2. The maximum Gasteiger partial charge on any atom is 0.271 e. The molecule has 1 aliphatic rings. The number of carbonyl (C=O) groups is 1. The fourth-order valence-electron chi connectivity index (χ4n) is 2.82. The van der Waals surface area contributed by atoms with Crippen LogP contribution in [0.2, 0.25) is 0 Å². The van der Waals surface area contributed by atoms with E-state index >= 15 is 0 Å². The van der Waals surface area contributed by atoms with Gasteiger partial charge in [-0.2, -0.15) is 0 Å². The minimum atomic E-state index is -0.137. The standard InChI is InChI=1S/C15H19N3O2S/c1-10-2-4-11(5-3-10)17-13(19)8-18-9-16-12-6-7-21-14(12)15(18)20/h6-7,9-11H,2-5,8H2,1H3,(H,17,19). The van der Waals surface area contributed by atoms with E-state index in [2.05, 4.69) is 17.2 Å². The van der Waals surface area contributed by atoms with Gasteiger partial charge in [0.05, 0.1) is 11.8 Å². The summed E-state index contributed by atoms with van der Waals surface area (Å²) in [5.41, 5.74) is 0.561. The lowest BCUT2D eigenvalue weighted by atomic mass is 9.87. The number of nitrogens with zero attached hydrogens (tertiary/aromatic N) is 2. The van der Waals surface area contributed by atoms with Gasteiger partial charge in [0.2, 0.25) is 5.91 Å². The zero-order chi connectivity index (χ0) is 14.8. The van der Waals surface area contributed by atoms with Gasteiger partial charge in [-0.05, 0) is 43.0 Å². The van der Waals surface area contributed by atoms with Gasteiger partial charge in [-0.1, -0.05) is 6.92 Å². The molecule has 6 heteroatoms. The van der Waals surface area contributed by atoms with Crippen molar-refractivity contribution in [2.45, 2.75) is 45.2 Å². The Hall–Kier alpha value is -1.69.